The lowest BCUT2D eigenvalue weighted by Crippen LogP contribution is -2.43. The number of benzene rings is 2. The van der Waals surface area contributed by atoms with Crippen molar-refractivity contribution in [2.45, 2.75) is 45.2 Å². The van der Waals surface area contributed by atoms with Crippen molar-refractivity contribution in [3.63, 3.8) is 0 Å². The Kier molecular flexibility index (Phi) is 6.49. The van der Waals surface area contributed by atoms with Crippen LogP contribution in [0.2, 0.25) is 0 Å². The smallest absolute Gasteiger partial charge is 0.325 e. The summed E-state index contributed by atoms with van der Waals surface area (Å²) in [7, 11) is 2.91. The number of halogens is 1. The van der Waals surface area contributed by atoms with Crippen LogP contribution in [0.3, 0.4) is 0 Å². The number of carbonyl (C=O) groups is 3. The molecule has 2 aromatic carbocycles. The summed E-state index contributed by atoms with van der Waals surface area (Å²) < 4.78 is 18.8. The molecule has 0 spiro atoms. The van der Waals surface area contributed by atoms with Crippen LogP contribution in [0, 0.1) is 5.82 Å². The molecule has 0 radical (unpaired) electrons. The first-order valence-electron chi connectivity index (χ1n) is 10.7. The molecule has 1 saturated heterocycles. The first kappa shape index (κ1) is 24.2. The van der Waals surface area contributed by atoms with E-state index < -0.39 is 35.7 Å². The average Bonchev–Trinajstić information content (AvgIpc) is 2.97. The third kappa shape index (κ3) is 4.84. The number of nitrogens with zero attached hydrogens (tertiary/aromatic N) is 2. The third-order valence-electron chi connectivity index (χ3n) is 5.96. The first-order chi connectivity index (χ1) is 15.4. The number of urea groups is 1. The van der Waals surface area contributed by atoms with Crippen LogP contribution in [0.4, 0.5) is 9.18 Å². The molecule has 8 heteroatoms. The number of hydrogen-bond acceptors (Lipinski definition) is 4. The van der Waals surface area contributed by atoms with Gasteiger partial charge in [0.15, 0.2) is 11.6 Å². The zero-order valence-electron chi connectivity index (χ0n) is 19.9. The predicted octanol–water partition coefficient (Wildman–Crippen LogP) is 3.56. The van der Waals surface area contributed by atoms with Crippen LogP contribution >= 0.6 is 0 Å². The Morgan fingerprint density at radius 3 is 2.33 bits per heavy atom. The largest absolute Gasteiger partial charge is 0.494 e. The highest BCUT2D eigenvalue weighted by molar-refractivity contribution is 6.09. The van der Waals surface area contributed by atoms with Gasteiger partial charge in [-0.15, -0.1) is 0 Å². The SMILES string of the molecule is COc1ccc(CN(C)C(=O)CN2C(=O)NC(C)(c3ccc(C(C)(C)C)cc3)C2=O)cc1F. The quantitative estimate of drug-likeness (QED) is 0.676. The minimum absolute atomic E-state index is 0.0434. The number of imide groups is 1. The van der Waals surface area contributed by atoms with E-state index in [0.29, 0.717) is 11.1 Å². The number of carbonyl (C=O) groups excluding carboxylic acids is 3. The van der Waals surface area contributed by atoms with Crippen molar-refractivity contribution in [1.82, 2.24) is 15.1 Å². The lowest BCUT2D eigenvalue weighted by atomic mass is 9.84. The molecule has 2 aromatic rings. The fraction of sp³-hybridized carbons (Fsp3) is 0.400. The second-order valence-corrected chi connectivity index (χ2v) is 9.49. The van der Waals surface area contributed by atoms with Gasteiger partial charge in [0.2, 0.25) is 5.91 Å². The molecule has 0 saturated carbocycles. The molecular weight excluding hydrogens is 425 g/mol. The molecule has 176 valence electrons. The van der Waals surface area contributed by atoms with Crippen molar-refractivity contribution in [1.29, 1.82) is 0 Å². The van der Waals surface area contributed by atoms with Gasteiger partial charge in [0.25, 0.3) is 5.91 Å². The Bertz CT molecular complexity index is 1080. The van der Waals surface area contributed by atoms with E-state index >= 15 is 0 Å². The summed E-state index contributed by atoms with van der Waals surface area (Å²) in [6.45, 7) is 7.63. The lowest BCUT2D eigenvalue weighted by Gasteiger charge is -2.25. The first-order valence-corrected chi connectivity index (χ1v) is 10.7. The van der Waals surface area contributed by atoms with Crippen LogP contribution < -0.4 is 10.1 Å². The van der Waals surface area contributed by atoms with Crippen LogP contribution in [-0.4, -0.2) is 48.3 Å². The summed E-state index contributed by atoms with van der Waals surface area (Å²) in [6, 6.07) is 11.3. The van der Waals surface area contributed by atoms with Crippen molar-refractivity contribution < 1.29 is 23.5 Å². The number of likely N-dealkylation sites (N-methyl/N-ethyl adjacent to an activating group) is 1. The van der Waals surface area contributed by atoms with Gasteiger partial charge in [0, 0.05) is 13.6 Å². The van der Waals surface area contributed by atoms with Crippen LogP contribution in [0.15, 0.2) is 42.5 Å². The molecule has 0 bridgehead atoms. The molecule has 1 fully saturated rings. The maximum absolute atomic E-state index is 13.9. The van der Waals surface area contributed by atoms with E-state index in [1.165, 1.54) is 31.2 Å². The molecule has 1 aliphatic rings. The molecule has 1 heterocycles. The number of ether oxygens (including phenoxy) is 1. The number of amides is 4. The standard InChI is InChI=1S/C25H30FN3O4/c1-24(2,3)17-8-10-18(11-9-17)25(4)22(31)29(23(32)27-25)15-21(30)28(5)14-16-7-12-20(33-6)19(26)13-16/h7-13H,14-15H2,1-6H3,(H,27,32). The molecule has 4 amide bonds. The van der Waals surface area contributed by atoms with E-state index in [1.807, 2.05) is 24.3 Å². The fourth-order valence-corrected chi connectivity index (χ4v) is 3.77. The lowest BCUT2D eigenvalue weighted by molar-refractivity contribution is -0.138. The summed E-state index contributed by atoms with van der Waals surface area (Å²) in [5.74, 6) is -1.35. The summed E-state index contributed by atoms with van der Waals surface area (Å²) >= 11 is 0. The molecule has 1 atom stereocenters. The predicted molar refractivity (Wildman–Crippen MR) is 122 cm³/mol. The fourth-order valence-electron chi connectivity index (χ4n) is 3.77. The molecule has 3 rings (SSSR count). The van der Waals surface area contributed by atoms with Crippen molar-refractivity contribution in [2.24, 2.45) is 0 Å². The van der Waals surface area contributed by atoms with E-state index in [4.69, 9.17) is 4.74 Å². The molecule has 1 aliphatic heterocycles. The molecule has 0 aromatic heterocycles. The Morgan fingerprint density at radius 1 is 1.15 bits per heavy atom. The maximum Gasteiger partial charge on any atom is 0.325 e. The van der Waals surface area contributed by atoms with Gasteiger partial charge in [-0.05, 0) is 41.2 Å². The van der Waals surface area contributed by atoms with Gasteiger partial charge in [0.05, 0.1) is 7.11 Å². The van der Waals surface area contributed by atoms with Crippen LogP contribution in [0.5, 0.6) is 5.75 Å². The van der Waals surface area contributed by atoms with Gasteiger partial charge in [-0.1, -0.05) is 51.1 Å². The highest BCUT2D eigenvalue weighted by Crippen LogP contribution is 2.31. The molecule has 1 unspecified atom stereocenters. The van der Waals surface area contributed by atoms with E-state index in [9.17, 15) is 18.8 Å². The van der Waals surface area contributed by atoms with E-state index in [-0.39, 0.29) is 17.7 Å². The van der Waals surface area contributed by atoms with Crippen molar-refractivity contribution in [3.8, 4) is 5.75 Å². The Morgan fingerprint density at radius 2 is 1.79 bits per heavy atom. The Balaban J connectivity index is 1.71. The van der Waals surface area contributed by atoms with Gasteiger partial charge in [-0.2, -0.15) is 0 Å². The minimum atomic E-state index is -1.26. The van der Waals surface area contributed by atoms with Crippen molar-refractivity contribution in [3.05, 3.63) is 65.0 Å². The summed E-state index contributed by atoms with van der Waals surface area (Å²) in [5.41, 5.74) is 1.01. The molecule has 1 N–H and O–H groups in total. The minimum Gasteiger partial charge on any atom is -0.494 e. The van der Waals surface area contributed by atoms with E-state index in [1.54, 1.807) is 13.0 Å². The molecule has 7 nitrogen and oxygen atoms in total. The summed E-state index contributed by atoms with van der Waals surface area (Å²) in [5, 5.41) is 2.72. The van der Waals surface area contributed by atoms with Crippen molar-refractivity contribution >= 4 is 17.8 Å². The number of methoxy groups -OCH3 is 1. The second kappa shape index (κ2) is 8.84. The summed E-state index contributed by atoms with van der Waals surface area (Å²) in [6.07, 6.45) is 0. The average molecular weight is 456 g/mol. The zero-order chi connectivity index (χ0) is 24.6. The van der Waals surface area contributed by atoms with E-state index in [2.05, 4.69) is 26.1 Å². The van der Waals surface area contributed by atoms with Gasteiger partial charge >= 0.3 is 6.03 Å². The van der Waals surface area contributed by atoms with Gasteiger partial charge in [-0.25, -0.2) is 9.18 Å². The third-order valence-corrected chi connectivity index (χ3v) is 5.96. The topological polar surface area (TPSA) is 79.0 Å². The molecular formula is C25H30FN3O4. The van der Waals surface area contributed by atoms with Crippen LogP contribution in [0.1, 0.15) is 44.4 Å². The van der Waals surface area contributed by atoms with Gasteiger partial charge in [-0.3, -0.25) is 14.5 Å². The van der Waals surface area contributed by atoms with Crippen LogP contribution in [0.25, 0.3) is 0 Å². The highest BCUT2D eigenvalue weighted by Gasteiger charge is 2.49. The second-order valence-electron chi connectivity index (χ2n) is 9.49. The van der Waals surface area contributed by atoms with E-state index in [0.717, 1.165) is 10.5 Å². The van der Waals surface area contributed by atoms with Crippen LogP contribution in [-0.2, 0) is 27.1 Å². The monoisotopic (exact) mass is 455 g/mol. The van der Waals surface area contributed by atoms with Crippen molar-refractivity contribution in [2.75, 3.05) is 20.7 Å². The number of hydrogen-bond donors (Lipinski definition) is 1. The maximum atomic E-state index is 13.9. The number of rotatable bonds is 6. The zero-order valence-corrected chi connectivity index (χ0v) is 19.9. The van der Waals surface area contributed by atoms with Gasteiger partial charge in [0.1, 0.15) is 12.1 Å². The molecule has 33 heavy (non-hydrogen) atoms. The molecule has 0 aliphatic carbocycles. The normalized spacial score (nSPS) is 18.3. The highest BCUT2D eigenvalue weighted by atomic mass is 19.1. The summed E-state index contributed by atoms with van der Waals surface area (Å²) in [4.78, 5) is 40.8. The number of nitrogens with one attached hydrogen (secondary N) is 1. The Labute approximate surface area is 193 Å². The Hall–Kier alpha value is -3.42. The van der Waals surface area contributed by atoms with Gasteiger partial charge < -0.3 is 15.0 Å².